The van der Waals surface area contributed by atoms with E-state index < -0.39 is 0 Å². The summed E-state index contributed by atoms with van der Waals surface area (Å²) in [6.45, 7) is 0. The molecule has 0 N–H and O–H groups in total. The number of hydrogen-bond acceptors (Lipinski definition) is 7. The molecule has 5 atom stereocenters. The van der Waals surface area contributed by atoms with Gasteiger partial charge in [-0.1, -0.05) is 0 Å². The predicted octanol–water partition coefficient (Wildman–Crippen LogP) is 3.68. The molecule has 0 aromatic heterocycles. The second kappa shape index (κ2) is 11.2. The average molecular weight is 467 g/mol. The largest absolute Gasteiger partial charge is 0.486 e. The lowest BCUT2D eigenvalue weighted by molar-refractivity contribution is -0.152. The van der Waals surface area contributed by atoms with Crippen molar-refractivity contribution in [1.29, 1.82) is 0 Å². The molecule has 7 heteroatoms. The number of hydrogen-bond donors (Lipinski definition) is 0. The molecule has 4 rings (SSSR count). The van der Waals surface area contributed by atoms with Gasteiger partial charge in [-0.05, 0) is 62.9 Å². The number of carbonyl (C=O) groups excluding carboxylic acids is 1. The SMILES string of the molecule is COC1CCC(C2=C(C(=O)C3CC(OC)C(OC)C(OC)C3)OC3CC(OC)CCC23)CC1. The maximum atomic E-state index is 14.0. The normalized spacial score (nSPS) is 41.5. The summed E-state index contributed by atoms with van der Waals surface area (Å²) in [4.78, 5) is 14.0. The summed E-state index contributed by atoms with van der Waals surface area (Å²) < 4.78 is 34.9. The van der Waals surface area contributed by atoms with Gasteiger partial charge >= 0.3 is 0 Å². The van der Waals surface area contributed by atoms with E-state index in [1.54, 1.807) is 35.5 Å². The van der Waals surface area contributed by atoms with Gasteiger partial charge in [-0.25, -0.2) is 0 Å². The quantitative estimate of drug-likeness (QED) is 0.540. The van der Waals surface area contributed by atoms with Crippen molar-refractivity contribution in [3.8, 4) is 0 Å². The monoisotopic (exact) mass is 466 g/mol. The Morgan fingerprint density at radius 3 is 1.88 bits per heavy atom. The molecule has 0 amide bonds. The van der Waals surface area contributed by atoms with Crippen molar-refractivity contribution in [2.45, 2.75) is 94.4 Å². The standard InChI is InChI=1S/C26H42O7/c1-28-17-8-6-15(7-9-17)23-19-11-10-18(29-2)14-20(19)33-26(23)24(27)16-12-21(30-3)25(32-5)22(13-16)31-4/h15-22,25H,6-14H2,1-5H3. The number of fused-ring (bicyclic) bond motifs is 1. The van der Waals surface area contributed by atoms with Crippen LogP contribution in [0.4, 0.5) is 0 Å². The zero-order valence-electron chi connectivity index (χ0n) is 20.9. The number of carbonyl (C=O) groups is 1. The molecule has 1 aliphatic heterocycles. The first-order valence-corrected chi connectivity index (χ1v) is 12.6. The van der Waals surface area contributed by atoms with Crippen LogP contribution < -0.4 is 0 Å². The van der Waals surface area contributed by atoms with E-state index in [0.29, 0.717) is 36.5 Å². The molecule has 3 fully saturated rings. The molecule has 0 bridgehead atoms. The Bertz CT molecular complexity index is 685. The van der Waals surface area contributed by atoms with Crippen molar-refractivity contribution >= 4 is 5.78 Å². The summed E-state index contributed by atoms with van der Waals surface area (Å²) in [6.07, 6.45) is 8.42. The maximum Gasteiger partial charge on any atom is 0.200 e. The average Bonchev–Trinajstić information content (AvgIpc) is 3.25. The fraction of sp³-hybridized carbons (Fsp3) is 0.885. The summed E-state index contributed by atoms with van der Waals surface area (Å²) >= 11 is 0. The molecule has 0 aromatic rings. The molecule has 1 heterocycles. The van der Waals surface area contributed by atoms with Crippen molar-refractivity contribution in [2.24, 2.45) is 17.8 Å². The van der Waals surface area contributed by atoms with Crippen LogP contribution in [0.2, 0.25) is 0 Å². The number of allylic oxidation sites excluding steroid dienone is 1. The molecule has 3 saturated carbocycles. The van der Waals surface area contributed by atoms with Crippen LogP contribution in [-0.2, 0) is 33.2 Å². The molecule has 0 saturated heterocycles. The second-order valence-corrected chi connectivity index (χ2v) is 10.2. The zero-order chi connectivity index (χ0) is 23.5. The van der Waals surface area contributed by atoms with Crippen LogP contribution in [0.5, 0.6) is 0 Å². The lowest BCUT2D eigenvalue weighted by atomic mass is 9.71. The zero-order valence-corrected chi connectivity index (χ0v) is 20.9. The van der Waals surface area contributed by atoms with Crippen LogP contribution in [0.15, 0.2) is 11.3 Å². The highest BCUT2D eigenvalue weighted by Crippen LogP contribution is 2.49. The summed E-state index contributed by atoms with van der Waals surface area (Å²) in [6, 6.07) is 0. The van der Waals surface area contributed by atoms with Crippen LogP contribution >= 0.6 is 0 Å². The number of Topliss-reactive ketones (excluding diaryl/α,β-unsaturated/α-hetero) is 1. The van der Waals surface area contributed by atoms with E-state index in [1.807, 2.05) is 0 Å². The third kappa shape index (κ3) is 5.03. The fourth-order valence-electron chi connectivity index (χ4n) is 6.81. The molecule has 3 aliphatic carbocycles. The molecule has 188 valence electrons. The van der Waals surface area contributed by atoms with Crippen molar-refractivity contribution in [3.63, 3.8) is 0 Å². The first-order valence-electron chi connectivity index (χ1n) is 12.6. The van der Waals surface area contributed by atoms with Gasteiger partial charge < -0.3 is 28.4 Å². The maximum absolute atomic E-state index is 14.0. The lowest BCUT2D eigenvalue weighted by Crippen LogP contribution is -2.49. The summed E-state index contributed by atoms with van der Waals surface area (Å²) in [5, 5.41) is 0. The first kappa shape index (κ1) is 25.1. The number of rotatable bonds is 8. The van der Waals surface area contributed by atoms with E-state index in [1.165, 1.54) is 5.57 Å². The van der Waals surface area contributed by atoms with Gasteiger partial charge in [0.2, 0.25) is 5.78 Å². The van der Waals surface area contributed by atoms with E-state index in [0.717, 1.165) is 44.9 Å². The molecule has 0 spiro atoms. The summed E-state index contributed by atoms with van der Waals surface area (Å²) in [5.41, 5.74) is 1.28. The molecule has 0 aromatic carbocycles. The minimum absolute atomic E-state index is 0.0459. The fourth-order valence-corrected chi connectivity index (χ4v) is 6.81. The van der Waals surface area contributed by atoms with E-state index in [-0.39, 0.29) is 42.2 Å². The van der Waals surface area contributed by atoms with Crippen LogP contribution in [0.3, 0.4) is 0 Å². The number of methoxy groups -OCH3 is 5. The second-order valence-electron chi connectivity index (χ2n) is 10.2. The minimum Gasteiger partial charge on any atom is -0.486 e. The highest BCUT2D eigenvalue weighted by Gasteiger charge is 2.49. The van der Waals surface area contributed by atoms with Gasteiger partial charge in [-0.2, -0.15) is 0 Å². The van der Waals surface area contributed by atoms with Gasteiger partial charge in [0.15, 0.2) is 5.76 Å². The van der Waals surface area contributed by atoms with Gasteiger partial charge in [-0.15, -0.1) is 0 Å². The summed E-state index contributed by atoms with van der Waals surface area (Å²) in [5.74, 6) is 1.31. The van der Waals surface area contributed by atoms with Crippen molar-refractivity contribution in [1.82, 2.24) is 0 Å². The Labute approximate surface area is 198 Å². The highest BCUT2D eigenvalue weighted by atomic mass is 16.6. The lowest BCUT2D eigenvalue weighted by Gasteiger charge is -2.39. The third-order valence-electron chi connectivity index (χ3n) is 8.69. The van der Waals surface area contributed by atoms with Crippen LogP contribution in [0.25, 0.3) is 0 Å². The van der Waals surface area contributed by atoms with E-state index in [2.05, 4.69) is 0 Å². The van der Waals surface area contributed by atoms with Gasteiger partial charge in [0, 0.05) is 53.8 Å². The van der Waals surface area contributed by atoms with Crippen molar-refractivity contribution < 1.29 is 33.2 Å². The minimum atomic E-state index is -0.190. The van der Waals surface area contributed by atoms with Crippen LogP contribution in [0, 0.1) is 17.8 Å². The molecule has 5 unspecified atom stereocenters. The molecular weight excluding hydrogens is 424 g/mol. The predicted molar refractivity (Wildman–Crippen MR) is 123 cm³/mol. The van der Waals surface area contributed by atoms with Gasteiger partial charge in [-0.3, -0.25) is 4.79 Å². The molecule has 7 nitrogen and oxygen atoms in total. The van der Waals surface area contributed by atoms with E-state index >= 15 is 0 Å². The Hall–Kier alpha value is -0.990. The third-order valence-corrected chi connectivity index (χ3v) is 8.69. The number of ether oxygens (including phenoxy) is 6. The Kier molecular flexibility index (Phi) is 8.50. The topological polar surface area (TPSA) is 72.5 Å². The van der Waals surface area contributed by atoms with Crippen LogP contribution in [-0.4, -0.2) is 78.0 Å². The molecule has 4 aliphatic rings. The molecular formula is C26H42O7. The van der Waals surface area contributed by atoms with Gasteiger partial charge in [0.1, 0.15) is 12.2 Å². The number of ketones is 1. The van der Waals surface area contributed by atoms with Crippen LogP contribution in [0.1, 0.15) is 57.8 Å². The van der Waals surface area contributed by atoms with Crippen molar-refractivity contribution in [2.75, 3.05) is 35.5 Å². The highest BCUT2D eigenvalue weighted by molar-refractivity contribution is 5.96. The first-order chi connectivity index (χ1) is 16.0. The van der Waals surface area contributed by atoms with Gasteiger partial charge in [0.25, 0.3) is 0 Å². The smallest absolute Gasteiger partial charge is 0.200 e. The van der Waals surface area contributed by atoms with E-state index in [9.17, 15) is 4.79 Å². The van der Waals surface area contributed by atoms with E-state index in [4.69, 9.17) is 28.4 Å². The summed E-state index contributed by atoms with van der Waals surface area (Å²) in [7, 11) is 8.62. The Morgan fingerprint density at radius 1 is 0.727 bits per heavy atom. The molecule has 0 radical (unpaired) electrons. The molecule has 33 heavy (non-hydrogen) atoms. The Morgan fingerprint density at radius 2 is 1.33 bits per heavy atom. The Balaban J connectivity index is 1.59. The van der Waals surface area contributed by atoms with Crippen molar-refractivity contribution in [3.05, 3.63) is 11.3 Å². The van der Waals surface area contributed by atoms with Gasteiger partial charge in [0.05, 0.1) is 24.4 Å².